The molecule has 0 saturated carbocycles. The van der Waals surface area contributed by atoms with Crippen molar-refractivity contribution in [2.75, 3.05) is 0 Å². The third-order valence-electron chi connectivity index (χ3n) is 2.92. The molecule has 1 aliphatic carbocycles. The fourth-order valence-electron chi connectivity index (χ4n) is 2.14. The van der Waals surface area contributed by atoms with Gasteiger partial charge in [-0.15, -0.1) is 5.10 Å². The van der Waals surface area contributed by atoms with Gasteiger partial charge in [-0.3, -0.25) is 0 Å². The smallest absolute Gasteiger partial charge is 0.181 e. The van der Waals surface area contributed by atoms with E-state index in [9.17, 15) is 0 Å². The summed E-state index contributed by atoms with van der Waals surface area (Å²) in [5.41, 5.74) is 8.88. The predicted octanol–water partition coefficient (Wildman–Crippen LogP) is 3.07. The second kappa shape index (κ2) is 4.19. The maximum atomic E-state index is 6.05. The van der Waals surface area contributed by atoms with Crippen LogP contribution in [-0.2, 0) is 6.42 Å². The van der Waals surface area contributed by atoms with Crippen LogP contribution in [0.4, 0.5) is 0 Å². The van der Waals surface area contributed by atoms with Gasteiger partial charge in [0.25, 0.3) is 0 Å². The maximum Gasteiger partial charge on any atom is 0.181 e. The van der Waals surface area contributed by atoms with Crippen LogP contribution < -0.4 is 5.73 Å². The minimum Gasteiger partial charge on any atom is -0.377 e. The Morgan fingerprint density at radius 3 is 2.82 bits per heavy atom. The minimum atomic E-state index is 0.289. The molecule has 0 radical (unpaired) electrons. The van der Waals surface area contributed by atoms with Gasteiger partial charge in [0.2, 0.25) is 0 Å². The highest BCUT2D eigenvalue weighted by molar-refractivity contribution is 8.15. The lowest BCUT2D eigenvalue weighted by molar-refractivity contribution is 0.846. The van der Waals surface area contributed by atoms with Gasteiger partial charge >= 0.3 is 0 Å². The summed E-state index contributed by atoms with van der Waals surface area (Å²) in [4.78, 5) is 0. The fourth-order valence-corrected chi connectivity index (χ4v) is 3.39. The van der Waals surface area contributed by atoms with E-state index in [1.807, 2.05) is 12.1 Å². The van der Waals surface area contributed by atoms with E-state index in [0.717, 1.165) is 24.1 Å². The third kappa shape index (κ3) is 1.94. The summed E-state index contributed by atoms with van der Waals surface area (Å²) in [6.07, 6.45) is 1.97. The first-order valence-electron chi connectivity index (χ1n) is 5.21. The number of nitrogens with two attached hydrogens (primary N) is 1. The van der Waals surface area contributed by atoms with E-state index < -0.39 is 0 Å². The molecule has 1 aliphatic heterocycles. The molecule has 2 aliphatic rings. The average Bonchev–Trinajstić information content (AvgIpc) is 2.30. The second-order valence-electron chi connectivity index (χ2n) is 3.99. The number of nitrogens with zero attached hydrogens (tertiary/aromatic N) is 2. The summed E-state index contributed by atoms with van der Waals surface area (Å²) >= 11 is 13.6. The number of fused-ring (bicyclic) bond motifs is 3. The number of rotatable bonds is 0. The molecular weight excluding hydrogens is 277 g/mol. The highest BCUT2D eigenvalue weighted by Gasteiger charge is 2.30. The Labute approximate surface area is 113 Å². The summed E-state index contributed by atoms with van der Waals surface area (Å²) < 4.78 is 0. The molecule has 1 heterocycles. The molecule has 0 bridgehead atoms. The Morgan fingerprint density at radius 1 is 1.24 bits per heavy atom. The number of hydrogen-bond donors (Lipinski definition) is 1. The largest absolute Gasteiger partial charge is 0.377 e. The lowest BCUT2D eigenvalue weighted by atomic mass is 9.89. The van der Waals surface area contributed by atoms with Crippen molar-refractivity contribution in [3.05, 3.63) is 33.3 Å². The molecule has 3 rings (SSSR count). The van der Waals surface area contributed by atoms with Gasteiger partial charge in [-0.1, -0.05) is 35.0 Å². The van der Waals surface area contributed by atoms with Crippen LogP contribution in [0.2, 0.25) is 10.0 Å². The fraction of sp³-hybridized carbons (Fsp3) is 0.273. The standard InChI is InChI=1S/C11H9Cl2N3S/c12-7-3-5-1-2-9-10(6(5)4-8(7)13)15-16-11(14)17-9/h3-4,9H,1-2H2,(H2,14,16). The maximum absolute atomic E-state index is 6.05. The highest BCUT2D eigenvalue weighted by Crippen LogP contribution is 2.35. The summed E-state index contributed by atoms with van der Waals surface area (Å²) in [5, 5.41) is 10.1. The Balaban J connectivity index is 2.15. The number of amidine groups is 1. The summed E-state index contributed by atoms with van der Waals surface area (Å²) in [5.74, 6) is 0. The van der Waals surface area contributed by atoms with Crippen molar-refractivity contribution in [3.8, 4) is 0 Å². The summed E-state index contributed by atoms with van der Waals surface area (Å²) in [7, 11) is 0. The quantitative estimate of drug-likeness (QED) is 0.796. The molecule has 0 spiro atoms. The lowest BCUT2D eigenvalue weighted by Crippen LogP contribution is -2.31. The Kier molecular flexibility index (Phi) is 2.81. The molecule has 3 nitrogen and oxygen atoms in total. The van der Waals surface area contributed by atoms with Gasteiger partial charge < -0.3 is 5.73 Å². The van der Waals surface area contributed by atoms with Crippen LogP contribution in [0, 0.1) is 0 Å². The topological polar surface area (TPSA) is 50.7 Å². The molecule has 0 fully saturated rings. The van der Waals surface area contributed by atoms with Crippen molar-refractivity contribution in [2.45, 2.75) is 18.1 Å². The van der Waals surface area contributed by atoms with Crippen LogP contribution in [0.15, 0.2) is 22.3 Å². The zero-order valence-electron chi connectivity index (χ0n) is 8.78. The molecule has 1 unspecified atom stereocenters. The zero-order chi connectivity index (χ0) is 12.0. The summed E-state index contributed by atoms with van der Waals surface area (Å²) in [6.45, 7) is 0. The minimum absolute atomic E-state index is 0.289. The van der Waals surface area contributed by atoms with Crippen LogP contribution in [0.3, 0.4) is 0 Å². The predicted molar refractivity (Wildman–Crippen MR) is 74.3 cm³/mol. The first kappa shape index (κ1) is 11.4. The van der Waals surface area contributed by atoms with Gasteiger partial charge in [0.15, 0.2) is 5.17 Å². The molecule has 17 heavy (non-hydrogen) atoms. The van der Waals surface area contributed by atoms with E-state index in [0.29, 0.717) is 15.2 Å². The van der Waals surface area contributed by atoms with Crippen LogP contribution in [0.1, 0.15) is 17.5 Å². The Hall–Kier alpha value is -0.710. The van der Waals surface area contributed by atoms with Gasteiger partial charge in [-0.2, -0.15) is 5.10 Å². The van der Waals surface area contributed by atoms with Crippen molar-refractivity contribution in [2.24, 2.45) is 15.9 Å². The van der Waals surface area contributed by atoms with E-state index in [2.05, 4.69) is 10.2 Å². The van der Waals surface area contributed by atoms with Crippen LogP contribution >= 0.6 is 35.0 Å². The second-order valence-corrected chi connectivity index (χ2v) is 6.03. The van der Waals surface area contributed by atoms with Gasteiger partial charge in [0, 0.05) is 5.56 Å². The number of hydrogen-bond acceptors (Lipinski definition) is 4. The van der Waals surface area contributed by atoms with Gasteiger partial charge in [-0.25, -0.2) is 0 Å². The molecule has 1 aromatic rings. The van der Waals surface area contributed by atoms with Crippen molar-refractivity contribution in [1.82, 2.24) is 0 Å². The van der Waals surface area contributed by atoms with Gasteiger partial charge in [0.05, 0.1) is 21.0 Å². The first-order valence-corrected chi connectivity index (χ1v) is 6.84. The Morgan fingerprint density at radius 2 is 2.00 bits per heavy atom. The van der Waals surface area contributed by atoms with Crippen LogP contribution in [-0.4, -0.2) is 16.1 Å². The normalized spacial score (nSPS) is 22.4. The van der Waals surface area contributed by atoms with Crippen molar-refractivity contribution >= 4 is 45.8 Å². The summed E-state index contributed by atoms with van der Waals surface area (Å²) in [6, 6.07) is 3.80. The Bertz CT molecular complexity index is 554. The van der Waals surface area contributed by atoms with Crippen molar-refractivity contribution in [3.63, 3.8) is 0 Å². The van der Waals surface area contributed by atoms with Gasteiger partial charge in [0.1, 0.15) is 0 Å². The monoisotopic (exact) mass is 285 g/mol. The van der Waals surface area contributed by atoms with Crippen molar-refractivity contribution < 1.29 is 0 Å². The number of halogens is 2. The van der Waals surface area contributed by atoms with E-state index in [4.69, 9.17) is 28.9 Å². The first-order chi connectivity index (χ1) is 8.15. The molecule has 1 atom stereocenters. The third-order valence-corrected chi connectivity index (χ3v) is 4.71. The number of thioether (sulfide) groups is 1. The number of aryl methyl sites for hydroxylation is 1. The SMILES string of the molecule is NC1=NN=C2c3cc(Cl)c(Cl)cc3CCC2S1. The molecule has 1 aromatic carbocycles. The molecule has 0 aromatic heterocycles. The molecule has 0 amide bonds. The van der Waals surface area contributed by atoms with Crippen LogP contribution in [0.5, 0.6) is 0 Å². The zero-order valence-corrected chi connectivity index (χ0v) is 11.1. The van der Waals surface area contributed by atoms with E-state index in [1.54, 1.807) is 11.8 Å². The van der Waals surface area contributed by atoms with E-state index in [-0.39, 0.29) is 5.25 Å². The van der Waals surface area contributed by atoms with E-state index >= 15 is 0 Å². The lowest BCUT2D eigenvalue weighted by Gasteiger charge is -2.27. The molecule has 0 saturated heterocycles. The van der Waals surface area contributed by atoms with Gasteiger partial charge in [-0.05, 0) is 30.5 Å². The molecular formula is C11H9Cl2N3S. The molecule has 2 N–H and O–H groups in total. The van der Waals surface area contributed by atoms with E-state index in [1.165, 1.54) is 5.56 Å². The average molecular weight is 286 g/mol. The van der Waals surface area contributed by atoms with Crippen molar-refractivity contribution in [1.29, 1.82) is 0 Å². The molecule has 6 heteroatoms. The molecule has 88 valence electrons. The van der Waals surface area contributed by atoms with Crippen LogP contribution in [0.25, 0.3) is 0 Å². The highest BCUT2D eigenvalue weighted by atomic mass is 35.5. The number of benzene rings is 1.